The van der Waals surface area contributed by atoms with Crippen LogP contribution in [0.2, 0.25) is 0 Å². The lowest BCUT2D eigenvalue weighted by Crippen LogP contribution is -2.23. The van der Waals surface area contributed by atoms with Gasteiger partial charge in [0.05, 0.1) is 4.90 Å². The molecule has 1 saturated carbocycles. The van der Waals surface area contributed by atoms with Gasteiger partial charge in [-0.05, 0) is 36.6 Å². The van der Waals surface area contributed by atoms with Crippen molar-refractivity contribution in [3.8, 4) is 0 Å². The van der Waals surface area contributed by atoms with Gasteiger partial charge in [0.2, 0.25) is 0 Å². The Morgan fingerprint density at radius 1 is 1.15 bits per heavy atom. The fourth-order valence-electron chi connectivity index (χ4n) is 2.09. The Morgan fingerprint density at radius 3 is 2.20 bits per heavy atom. The Balaban J connectivity index is 1.95. The van der Waals surface area contributed by atoms with Crippen LogP contribution in [0.4, 0.5) is 18.9 Å². The monoisotopic (exact) mass is 307 g/mol. The van der Waals surface area contributed by atoms with Crippen LogP contribution < -0.4 is 5.32 Å². The van der Waals surface area contributed by atoms with Crippen LogP contribution >= 0.6 is 0 Å². The summed E-state index contributed by atoms with van der Waals surface area (Å²) in [4.78, 5) is -0.727. The number of sulfone groups is 1. The quantitative estimate of drug-likeness (QED) is 0.904. The third-order valence-electron chi connectivity index (χ3n) is 3.58. The molecule has 20 heavy (non-hydrogen) atoms. The van der Waals surface area contributed by atoms with E-state index in [1.54, 1.807) is 0 Å². The Hall–Kier alpha value is -1.24. The maximum absolute atomic E-state index is 12.4. The highest BCUT2D eigenvalue weighted by atomic mass is 32.2. The second kappa shape index (κ2) is 5.63. The predicted molar refractivity (Wildman–Crippen MR) is 70.1 cm³/mol. The average molecular weight is 307 g/mol. The van der Waals surface area contributed by atoms with Crippen molar-refractivity contribution in [2.45, 2.75) is 36.1 Å². The van der Waals surface area contributed by atoms with E-state index in [1.807, 2.05) is 0 Å². The number of nitrogens with one attached hydrogen (secondary N) is 1. The first kappa shape index (κ1) is 15.2. The molecule has 0 aromatic heterocycles. The largest absolute Gasteiger partial charge is 0.501 e. The minimum Gasteiger partial charge on any atom is -0.385 e. The van der Waals surface area contributed by atoms with Gasteiger partial charge in [0, 0.05) is 12.2 Å². The summed E-state index contributed by atoms with van der Waals surface area (Å²) in [5.74, 6) is 0.743. The van der Waals surface area contributed by atoms with E-state index >= 15 is 0 Å². The summed E-state index contributed by atoms with van der Waals surface area (Å²) in [5.41, 5.74) is -4.63. The second-order valence-electron chi connectivity index (χ2n) is 4.99. The molecular formula is C13H16F3NO2S. The molecule has 0 aliphatic heterocycles. The van der Waals surface area contributed by atoms with E-state index in [-0.39, 0.29) is 0 Å². The zero-order valence-corrected chi connectivity index (χ0v) is 11.6. The van der Waals surface area contributed by atoms with Gasteiger partial charge in [-0.15, -0.1) is 0 Å². The van der Waals surface area contributed by atoms with Crippen LogP contribution in [0.5, 0.6) is 0 Å². The molecule has 1 aromatic carbocycles. The van der Waals surface area contributed by atoms with Gasteiger partial charge in [-0.25, -0.2) is 8.42 Å². The molecule has 0 radical (unpaired) electrons. The summed E-state index contributed by atoms with van der Waals surface area (Å²) in [6.45, 7) is 0.746. The Bertz CT molecular complexity index is 548. The highest BCUT2D eigenvalue weighted by molar-refractivity contribution is 7.92. The number of anilines is 1. The summed E-state index contributed by atoms with van der Waals surface area (Å²) in [7, 11) is -5.25. The van der Waals surface area contributed by atoms with Crippen LogP contribution in [0, 0.1) is 5.92 Å². The molecule has 7 heteroatoms. The molecule has 3 nitrogen and oxygen atoms in total. The minimum atomic E-state index is -5.26. The van der Waals surface area contributed by atoms with E-state index in [0.29, 0.717) is 5.69 Å². The molecule has 112 valence electrons. The van der Waals surface area contributed by atoms with Crippen LogP contribution in [-0.2, 0) is 9.84 Å². The second-order valence-corrected chi connectivity index (χ2v) is 6.93. The van der Waals surface area contributed by atoms with Crippen LogP contribution in [0.25, 0.3) is 0 Å². The zero-order chi connectivity index (χ0) is 14.8. The molecule has 0 unspecified atom stereocenters. The Morgan fingerprint density at radius 2 is 1.75 bits per heavy atom. The van der Waals surface area contributed by atoms with Gasteiger partial charge < -0.3 is 5.32 Å². The lowest BCUT2D eigenvalue weighted by Gasteiger charge is -2.25. The molecule has 2 rings (SSSR count). The van der Waals surface area contributed by atoms with Crippen LogP contribution in [0.3, 0.4) is 0 Å². The third-order valence-corrected chi connectivity index (χ3v) is 5.08. The van der Waals surface area contributed by atoms with Crippen molar-refractivity contribution in [2.24, 2.45) is 5.92 Å². The van der Waals surface area contributed by atoms with Crippen molar-refractivity contribution < 1.29 is 21.6 Å². The molecule has 0 bridgehead atoms. The number of halogens is 3. The molecule has 0 spiro atoms. The lowest BCUT2D eigenvalue weighted by atomic mass is 9.83. The van der Waals surface area contributed by atoms with Gasteiger partial charge in [-0.1, -0.05) is 19.3 Å². The molecule has 0 saturated heterocycles. The normalized spacial score (nSPS) is 16.8. The maximum Gasteiger partial charge on any atom is 0.501 e. The number of hydrogen-bond donors (Lipinski definition) is 1. The van der Waals surface area contributed by atoms with E-state index < -0.39 is 20.2 Å². The minimum absolute atomic E-state index is 0.630. The molecule has 0 amide bonds. The van der Waals surface area contributed by atoms with Gasteiger partial charge in [0.15, 0.2) is 0 Å². The van der Waals surface area contributed by atoms with E-state index in [9.17, 15) is 21.6 Å². The molecule has 1 fully saturated rings. The van der Waals surface area contributed by atoms with Crippen molar-refractivity contribution in [3.05, 3.63) is 24.3 Å². The van der Waals surface area contributed by atoms with Gasteiger partial charge in [-0.3, -0.25) is 0 Å². The van der Waals surface area contributed by atoms with Crippen LogP contribution in [-0.4, -0.2) is 20.5 Å². The van der Waals surface area contributed by atoms with Gasteiger partial charge in [0.25, 0.3) is 9.84 Å². The van der Waals surface area contributed by atoms with Gasteiger partial charge >= 0.3 is 5.51 Å². The Kier molecular flexibility index (Phi) is 4.27. The number of alkyl halides is 3. The molecule has 0 heterocycles. The molecule has 1 aliphatic carbocycles. The SMILES string of the molecule is O=S(=O)(c1ccc(NCCC2CCC2)cc1)C(F)(F)F. The fraction of sp³-hybridized carbons (Fsp3) is 0.538. The van der Waals surface area contributed by atoms with Crippen molar-refractivity contribution in [2.75, 3.05) is 11.9 Å². The first-order valence-corrected chi connectivity index (χ1v) is 7.94. The third kappa shape index (κ3) is 3.26. The predicted octanol–water partition coefficient (Wildman–Crippen LogP) is 3.58. The highest BCUT2D eigenvalue weighted by Crippen LogP contribution is 2.31. The van der Waals surface area contributed by atoms with Gasteiger partial charge in [0.1, 0.15) is 0 Å². The molecule has 1 aliphatic rings. The van der Waals surface area contributed by atoms with Crippen molar-refractivity contribution in [3.63, 3.8) is 0 Å². The number of benzene rings is 1. The average Bonchev–Trinajstić information content (AvgIpc) is 2.31. The van der Waals surface area contributed by atoms with Gasteiger partial charge in [-0.2, -0.15) is 13.2 Å². The smallest absolute Gasteiger partial charge is 0.385 e. The number of hydrogen-bond acceptors (Lipinski definition) is 3. The van der Waals surface area contributed by atoms with E-state index in [4.69, 9.17) is 0 Å². The van der Waals surface area contributed by atoms with E-state index in [1.165, 1.54) is 31.4 Å². The fourth-order valence-corrected chi connectivity index (χ4v) is 2.85. The molecule has 1 N–H and O–H groups in total. The lowest BCUT2D eigenvalue weighted by molar-refractivity contribution is -0.0436. The first-order valence-electron chi connectivity index (χ1n) is 6.46. The topological polar surface area (TPSA) is 46.2 Å². The summed E-state index contributed by atoms with van der Waals surface area (Å²) in [6, 6.07) is 4.68. The standard InChI is InChI=1S/C13H16F3NO2S/c14-13(15,16)20(18,19)12-6-4-11(5-7-12)17-9-8-10-2-1-3-10/h4-7,10,17H,1-3,8-9H2. The molecular weight excluding hydrogens is 291 g/mol. The van der Waals surface area contributed by atoms with E-state index in [2.05, 4.69) is 5.32 Å². The zero-order valence-electron chi connectivity index (χ0n) is 10.8. The summed E-state index contributed by atoms with van der Waals surface area (Å²) in [5, 5.41) is 3.09. The van der Waals surface area contributed by atoms with Crippen LogP contribution in [0.1, 0.15) is 25.7 Å². The molecule has 0 atom stereocenters. The van der Waals surface area contributed by atoms with Crippen LogP contribution in [0.15, 0.2) is 29.2 Å². The van der Waals surface area contributed by atoms with Crippen molar-refractivity contribution in [1.82, 2.24) is 0 Å². The maximum atomic E-state index is 12.4. The highest BCUT2D eigenvalue weighted by Gasteiger charge is 2.46. The summed E-state index contributed by atoms with van der Waals surface area (Å²) in [6.07, 6.45) is 4.78. The summed E-state index contributed by atoms with van der Waals surface area (Å²) < 4.78 is 59.4. The first-order chi connectivity index (χ1) is 9.30. The van der Waals surface area contributed by atoms with Crippen molar-refractivity contribution >= 4 is 15.5 Å². The Labute approximate surface area is 116 Å². The van der Waals surface area contributed by atoms with E-state index in [0.717, 1.165) is 31.0 Å². The summed E-state index contributed by atoms with van der Waals surface area (Å²) >= 11 is 0. The van der Waals surface area contributed by atoms with Crippen molar-refractivity contribution in [1.29, 1.82) is 0 Å². The molecule has 1 aromatic rings. The number of rotatable bonds is 5.